The maximum absolute atomic E-state index is 10.3. The Hall–Kier alpha value is -6.86. The van der Waals surface area contributed by atoms with Gasteiger partial charge in [-0.25, -0.2) is 4.98 Å². The van der Waals surface area contributed by atoms with E-state index >= 15 is 0 Å². The van der Waals surface area contributed by atoms with Gasteiger partial charge in [-0.3, -0.25) is 9.55 Å². The van der Waals surface area contributed by atoms with Crippen LogP contribution in [0.15, 0.2) is 176 Å². The first-order valence-corrected chi connectivity index (χ1v) is 17.8. The SMILES string of the molecule is N#Cc1cc(-c2[c-]c(-c3cccc4c3nc(-c3cccc5c3[n-]c3ccccc35)n4-c3ccccc3)cc(-c3ccccc3)c2)ncc1-c1ccccc1.[Pt+2]. The van der Waals surface area contributed by atoms with Gasteiger partial charge in [-0.1, -0.05) is 156 Å². The molecule has 0 aliphatic rings. The molecular formula is C49H29N5Pt. The predicted octanol–water partition coefficient (Wildman–Crippen LogP) is 11.7. The van der Waals surface area contributed by atoms with Crippen molar-refractivity contribution in [3.05, 3.63) is 188 Å². The van der Waals surface area contributed by atoms with Crippen molar-refractivity contribution in [2.75, 3.05) is 0 Å². The summed E-state index contributed by atoms with van der Waals surface area (Å²) in [6.45, 7) is 0. The van der Waals surface area contributed by atoms with E-state index in [1.165, 1.54) is 0 Å². The Bertz CT molecular complexity index is 3050. The Labute approximate surface area is 332 Å². The minimum atomic E-state index is 0. The summed E-state index contributed by atoms with van der Waals surface area (Å²) < 4.78 is 2.23. The van der Waals surface area contributed by atoms with Crippen molar-refractivity contribution >= 4 is 32.8 Å². The Morgan fingerprint density at radius 2 is 1.24 bits per heavy atom. The average Bonchev–Trinajstić information content (AvgIpc) is 3.83. The van der Waals surface area contributed by atoms with Crippen LogP contribution < -0.4 is 4.98 Å². The van der Waals surface area contributed by atoms with E-state index in [9.17, 15) is 5.26 Å². The van der Waals surface area contributed by atoms with E-state index < -0.39 is 0 Å². The van der Waals surface area contributed by atoms with Gasteiger partial charge >= 0.3 is 21.1 Å². The number of imidazole rings is 1. The van der Waals surface area contributed by atoms with E-state index in [1.54, 1.807) is 6.20 Å². The summed E-state index contributed by atoms with van der Waals surface area (Å²) in [6.07, 6.45) is 1.79. The Morgan fingerprint density at radius 3 is 2.02 bits per heavy atom. The second-order valence-corrected chi connectivity index (χ2v) is 13.3. The molecule has 0 bridgehead atoms. The van der Waals surface area contributed by atoms with Crippen molar-refractivity contribution in [1.29, 1.82) is 5.26 Å². The van der Waals surface area contributed by atoms with Gasteiger partial charge in [-0.05, 0) is 40.1 Å². The van der Waals surface area contributed by atoms with Gasteiger partial charge in [-0.15, -0.1) is 34.8 Å². The molecule has 0 radical (unpaired) electrons. The first-order valence-electron chi connectivity index (χ1n) is 17.8. The minimum absolute atomic E-state index is 0. The number of fused-ring (bicyclic) bond motifs is 4. The van der Waals surface area contributed by atoms with Crippen molar-refractivity contribution in [1.82, 2.24) is 19.5 Å². The summed E-state index contributed by atoms with van der Waals surface area (Å²) in [4.78, 5) is 15.5. The van der Waals surface area contributed by atoms with Crippen LogP contribution in [-0.2, 0) is 21.1 Å². The monoisotopic (exact) mass is 882 g/mol. The molecule has 0 spiro atoms. The first kappa shape index (κ1) is 33.9. The number of benzene rings is 7. The second kappa shape index (κ2) is 14.2. The first-order chi connectivity index (χ1) is 26.7. The van der Waals surface area contributed by atoms with Crippen molar-refractivity contribution in [2.24, 2.45) is 0 Å². The van der Waals surface area contributed by atoms with Gasteiger partial charge < -0.3 is 4.98 Å². The van der Waals surface area contributed by atoms with Gasteiger partial charge in [0.15, 0.2) is 0 Å². The predicted molar refractivity (Wildman–Crippen MR) is 218 cm³/mol. The number of para-hydroxylation sites is 4. The summed E-state index contributed by atoms with van der Waals surface area (Å²) in [7, 11) is 0. The van der Waals surface area contributed by atoms with E-state index in [-0.39, 0.29) is 21.1 Å². The van der Waals surface area contributed by atoms with Gasteiger partial charge in [0.1, 0.15) is 5.82 Å². The van der Waals surface area contributed by atoms with Crippen LogP contribution in [0.25, 0.3) is 94.6 Å². The molecule has 55 heavy (non-hydrogen) atoms. The molecule has 10 aromatic rings. The summed E-state index contributed by atoms with van der Waals surface area (Å²) in [6, 6.07) is 63.8. The van der Waals surface area contributed by atoms with E-state index in [1.807, 2.05) is 66.7 Å². The molecular weight excluding hydrogens is 854 g/mol. The third-order valence-electron chi connectivity index (χ3n) is 10.1. The molecule has 0 amide bonds. The number of hydrogen-bond donors (Lipinski definition) is 0. The van der Waals surface area contributed by atoms with Crippen molar-refractivity contribution in [2.45, 2.75) is 0 Å². The summed E-state index contributed by atoms with van der Waals surface area (Å²) >= 11 is 0. The fourth-order valence-electron chi connectivity index (χ4n) is 7.51. The standard InChI is InChI=1S/C49H29N5.Pt/c50-30-37-29-45(51-31-43(37)33-16-6-2-7-17-33)36-27-34(32-14-4-1-5-15-32)26-35(28-36)39-21-13-25-46-48(39)53-49(54(46)38-18-8-3-9-19-38)42-23-12-22-41-40-20-10-11-24-44(40)52-47(41)42;/h1-27,29,31H;/q-2;+2. The van der Waals surface area contributed by atoms with Gasteiger partial charge in [0.05, 0.1) is 22.7 Å². The quantitative estimate of drug-likeness (QED) is 0.156. The van der Waals surface area contributed by atoms with Crippen LogP contribution in [0, 0.1) is 17.4 Å². The van der Waals surface area contributed by atoms with Gasteiger partial charge in [-0.2, -0.15) is 5.26 Å². The molecule has 0 saturated carbocycles. The number of pyridine rings is 1. The van der Waals surface area contributed by atoms with Crippen LogP contribution in [0.3, 0.4) is 0 Å². The number of aromatic nitrogens is 4. The summed E-state index contributed by atoms with van der Waals surface area (Å²) in [5.41, 5.74) is 13.4. The molecule has 0 aliphatic carbocycles. The van der Waals surface area contributed by atoms with E-state index in [0.29, 0.717) is 11.3 Å². The molecule has 6 heteroatoms. The molecule has 0 atom stereocenters. The maximum atomic E-state index is 10.3. The molecule has 0 aliphatic heterocycles. The third kappa shape index (κ3) is 5.94. The van der Waals surface area contributed by atoms with Crippen molar-refractivity contribution in [3.8, 4) is 67.8 Å². The van der Waals surface area contributed by atoms with Crippen molar-refractivity contribution < 1.29 is 21.1 Å². The molecule has 260 valence electrons. The van der Waals surface area contributed by atoms with E-state index in [4.69, 9.17) is 15.0 Å². The normalized spacial score (nSPS) is 11.1. The number of nitrogens with zero attached hydrogens (tertiary/aromatic N) is 5. The Balaban J connectivity index is 0.00000397. The zero-order chi connectivity index (χ0) is 36.0. The Kier molecular flexibility index (Phi) is 8.75. The van der Waals surface area contributed by atoms with E-state index in [0.717, 1.165) is 88.9 Å². The largest absolute Gasteiger partial charge is 2.00 e. The fraction of sp³-hybridized carbons (Fsp3) is 0. The molecule has 10 rings (SSSR count). The second-order valence-electron chi connectivity index (χ2n) is 13.3. The van der Waals surface area contributed by atoms with Gasteiger partial charge in [0.25, 0.3) is 0 Å². The van der Waals surface area contributed by atoms with Crippen LogP contribution in [0.4, 0.5) is 0 Å². The van der Waals surface area contributed by atoms with Crippen LogP contribution in [0.5, 0.6) is 0 Å². The summed E-state index contributed by atoms with van der Waals surface area (Å²) in [5.74, 6) is 0.813. The van der Waals surface area contributed by atoms with Gasteiger partial charge in [0.2, 0.25) is 0 Å². The zero-order valence-corrected chi connectivity index (χ0v) is 31.6. The molecule has 0 fully saturated rings. The molecule has 3 aromatic heterocycles. The third-order valence-corrected chi connectivity index (χ3v) is 10.1. The molecule has 0 saturated heterocycles. The smallest absolute Gasteiger partial charge is 0.656 e. The molecule has 3 heterocycles. The average molecular weight is 883 g/mol. The topological polar surface area (TPSA) is 68.6 Å². The Morgan fingerprint density at radius 1 is 0.582 bits per heavy atom. The maximum Gasteiger partial charge on any atom is 2.00 e. The van der Waals surface area contributed by atoms with Crippen LogP contribution in [0.2, 0.25) is 0 Å². The number of nitriles is 1. The molecule has 0 N–H and O–H groups in total. The van der Waals surface area contributed by atoms with Gasteiger partial charge in [0, 0.05) is 28.7 Å². The van der Waals surface area contributed by atoms with Crippen LogP contribution in [-0.4, -0.2) is 14.5 Å². The van der Waals surface area contributed by atoms with E-state index in [2.05, 4.69) is 120 Å². The number of hydrogen-bond acceptors (Lipinski definition) is 3. The minimum Gasteiger partial charge on any atom is -0.656 e. The van der Waals surface area contributed by atoms with Crippen LogP contribution >= 0.6 is 0 Å². The summed E-state index contributed by atoms with van der Waals surface area (Å²) in [5, 5.41) is 12.5. The fourth-order valence-corrected chi connectivity index (χ4v) is 7.51. The van der Waals surface area contributed by atoms with Crippen molar-refractivity contribution in [3.63, 3.8) is 0 Å². The number of rotatable bonds is 6. The molecule has 5 nitrogen and oxygen atoms in total. The molecule has 0 unspecified atom stereocenters. The molecule has 7 aromatic carbocycles. The van der Waals surface area contributed by atoms with Crippen LogP contribution in [0.1, 0.15) is 5.56 Å². The zero-order valence-electron chi connectivity index (χ0n) is 29.3.